The lowest BCUT2D eigenvalue weighted by atomic mass is 10.0. The Morgan fingerprint density at radius 3 is 2.50 bits per heavy atom. The van der Waals surface area contributed by atoms with Gasteiger partial charge in [-0.05, 0) is 31.9 Å². The van der Waals surface area contributed by atoms with E-state index in [0.717, 1.165) is 34.6 Å². The van der Waals surface area contributed by atoms with Crippen molar-refractivity contribution in [2.75, 3.05) is 0 Å². The molecule has 0 saturated heterocycles. The molecule has 0 aliphatic carbocycles. The van der Waals surface area contributed by atoms with Crippen LogP contribution in [-0.4, -0.2) is 14.6 Å². The van der Waals surface area contributed by atoms with Gasteiger partial charge in [-0.3, -0.25) is 0 Å². The first-order chi connectivity index (χ1) is 9.60. The second kappa shape index (κ2) is 4.91. The summed E-state index contributed by atoms with van der Waals surface area (Å²) in [5.74, 6) is 0. The van der Waals surface area contributed by atoms with Gasteiger partial charge in [0.15, 0.2) is 5.65 Å². The van der Waals surface area contributed by atoms with Crippen LogP contribution >= 0.6 is 11.6 Å². The third-order valence-electron chi connectivity index (χ3n) is 3.48. The summed E-state index contributed by atoms with van der Waals surface area (Å²) < 4.78 is 1.71. The number of fused-ring (bicyclic) bond motifs is 1. The zero-order valence-electron chi connectivity index (χ0n) is 11.8. The van der Waals surface area contributed by atoms with Crippen molar-refractivity contribution in [2.24, 2.45) is 0 Å². The molecule has 2 heterocycles. The molecule has 0 unspecified atom stereocenters. The van der Waals surface area contributed by atoms with E-state index in [0.29, 0.717) is 5.15 Å². The van der Waals surface area contributed by atoms with Crippen molar-refractivity contribution < 1.29 is 0 Å². The minimum atomic E-state index is 0.605. The molecule has 3 nitrogen and oxygen atoms in total. The standard InChI is InChI=1S/C16H16ClN3/c1-4-13-9-14(17)20-16(18-13)15(11(3)19-20)12-7-5-10(2)6-8-12/h5-9H,4H2,1-3H3. The van der Waals surface area contributed by atoms with Crippen molar-refractivity contribution in [3.8, 4) is 11.1 Å². The molecule has 0 amide bonds. The van der Waals surface area contributed by atoms with Crippen LogP contribution in [-0.2, 0) is 6.42 Å². The monoisotopic (exact) mass is 285 g/mol. The SMILES string of the molecule is CCc1cc(Cl)n2nc(C)c(-c3ccc(C)cc3)c2n1. The summed E-state index contributed by atoms with van der Waals surface area (Å²) in [4.78, 5) is 4.69. The number of halogens is 1. The summed E-state index contributed by atoms with van der Waals surface area (Å²) in [6, 6.07) is 10.3. The van der Waals surface area contributed by atoms with Crippen molar-refractivity contribution in [3.05, 3.63) is 52.4 Å². The fraction of sp³-hybridized carbons (Fsp3) is 0.250. The first-order valence-corrected chi connectivity index (χ1v) is 7.09. The van der Waals surface area contributed by atoms with E-state index < -0.39 is 0 Å². The Morgan fingerprint density at radius 1 is 1.15 bits per heavy atom. The van der Waals surface area contributed by atoms with E-state index in [2.05, 4.69) is 43.2 Å². The topological polar surface area (TPSA) is 30.2 Å². The van der Waals surface area contributed by atoms with E-state index in [1.165, 1.54) is 5.56 Å². The number of aromatic nitrogens is 3. The number of hydrogen-bond donors (Lipinski definition) is 0. The predicted molar refractivity (Wildman–Crippen MR) is 82.3 cm³/mol. The summed E-state index contributed by atoms with van der Waals surface area (Å²) in [5.41, 5.74) is 6.17. The van der Waals surface area contributed by atoms with Crippen LogP contribution in [0.15, 0.2) is 30.3 Å². The number of benzene rings is 1. The second-order valence-electron chi connectivity index (χ2n) is 4.99. The first kappa shape index (κ1) is 13.1. The lowest BCUT2D eigenvalue weighted by Crippen LogP contribution is -1.96. The van der Waals surface area contributed by atoms with Crippen molar-refractivity contribution in [1.29, 1.82) is 0 Å². The Labute approximate surface area is 123 Å². The summed E-state index contributed by atoms with van der Waals surface area (Å²) in [6.07, 6.45) is 0.855. The molecule has 0 radical (unpaired) electrons. The molecule has 0 atom stereocenters. The highest BCUT2D eigenvalue weighted by atomic mass is 35.5. The molecule has 0 saturated carbocycles. The Morgan fingerprint density at radius 2 is 1.85 bits per heavy atom. The van der Waals surface area contributed by atoms with E-state index in [1.54, 1.807) is 4.52 Å². The van der Waals surface area contributed by atoms with E-state index in [-0.39, 0.29) is 0 Å². The zero-order valence-corrected chi connectivity index (χ0v) is 12.6. The fourth-order valence-corrected chi connectivity index (χ4v) is 2.62. The van der Waals surface area contributed by atoms with Gasteiger partial charge in [-0.1, -0.05) is 48.4 Å². The van der Waals surface area contributed by atoms with E-state index >= 15 is 0 Å². The Hall–Kier alpha value is -1.87. The highest BCUT2D eigenvalue weighted by molar-refractivity contribution is 6.29. The number of nitrogens with zero attached hydrogens (tertiary/aromatic N) is 3. The molecule has 1 aromatic carbocycles. The fourth-order valence-electron chi connectivity index (χ4n) is 2.37. The first-order valence-electron chi connectivity index (χ1n) is 6.72. The smallest absolute Gasteiger partial charge is 0.165 e. The summed E-state index contributed by atoms with van der Waals surface area (Å²) in [5, 5.41) is 5.11. The number of rotatable bonds is 2. The van der Waals surface area contributed by atoms with Crippen molar-refractivity contribution >= 4 is 17.2 Å². The molecule has 4 heteroatoms. The molecule has 0 spiro atoms. The van der Waals surface area contributed by atoms with Crippen LogP contribution in [0.25, 0.3) is 16.8 Å². The molecule has 0 fully saturated rings. The summed E-state index contributed by atoms with van der Waals surface area (Å²) >= 11 is 6.30. The molecule has 0 N–H and O–H groups in total. The van der Waals surface area contributed by atoms with Crippen LogP contribution in [0.2, 0.25) is 5.15 Å². The summed E-state index contributed by atoms with van der Waals surface area (Å²) in [7, 11) is 0. The van der Waals surface area contributed by atoms with Crippen LogP contribution in [0.4, 0.5) is 0 Å². The van der Waals surface area contributed by atoms with E-state index in [4.69, 9.17) is 16.6 Å². The molecule has 20 heavy (non-hydrogen) atoms. The highest BCUT2D eigenvalue weighted by Gasteiger charge is 2.15. The lowest BCUT2D eigenvalue weighted by Gasteiger charge is -2.04. The van der Waals surface area contributed by atoms with Crippen molar-refractivity contribution in [2.45, 2.75) is 27.2 Å². The van der Waals surface area contributed by atoms with Gasteiger partial charge < -0.3 is 0 Å². The molecule has 102 valence electrons. The molecule has 3 rings (SSSR count). The quantitative estimate of drug-likeness (QED) is 0.660. The largest absolute Gasteiger partial charge is 0.233 e. The second-order valence-corrected chi connectivity index (χ2v) is 5.37. The zero-order chi connectivity index (χ0) is 14.3. The van der Waals surface area contributed by atoms with Gasteiger partial charge in [0.05, 0.1) is 5.69 Å². The van der Waals surface area contributed by atoms with Crippen LogP contribution in [0.3, 0.4) is 0 Å². The van der Waals surface area contributed by atoms with Gasteiger partial charge >= 0.3 is 0 Å². The maximum atomic E-state index is 6.30. The number of hydrogen-bond acceptors (Lipinski definition) is 2. The molecular weight excluding hydrogens is 270 g/mol. The van der Waals surface area contributed by atoms with E-state index in [9.17, 15) is 0 Å². The highest BCUT2D eigenvalue weighted by Crippen LogP contribution is 2.29. The van der Waals surface area contributed by atoms with Gasteiger partial charge in [-0.2, -0.15) is 5.10 Å². The van der Waals surface area contributed by atoms with Crippen LogP contribution < -0.4 is 0 Å². The predicted octanol–water partition coefficient (Wildman–Crippen LogP) is 4.23. The molecule has 0 bridgehead atoms. The Kier molecular flexibility index (Phi) is 3.22. The average Bonchev–Trinajstić information content (AvgIpc) is 2.77. The van der Waals surface area contributed by atoms with Crippen LogP contribution in [0.1, 0.15) is 23.9 Å². The van der Waals surface area contributed by atoms with Gasteiger partial charge in [0, 0.05) is 11.3 Å². The lowest BCUT2D eigenvalue weighted by molar-refractivity contribution is 0.897. The van der Waals surface area contributed by atoms with Crippen LogP contribution in [0, 0.1) is 13.8 Å². The Balaban J connectivity index is 2.31. The third kappa shape index (κ3) is 2.08. The van der Waals surface area contributed by atoms with Gasteiger partial charge in [-0.25, -0.2) is 9.50 Å². The van der Waals surface area contributed by atoms with Gasteiger partial charge in [0.1, 0.15) is 5.15 Å². The maximum absolute atomic E-state index is 6.30. The summed E-state index contributed by atoms with van der Waals surface area (Å²) in [6.45, 7) is 6.15. The molecule has 3 aromatic rings. The van der Waals surface area contributed by atoms with Crippen LogP contribution in [0.5, 0.6) is 0 Å². The minimum absolute atomic E-state index is 0.605. The van der Waals surface area contributed by atoms with Gasteiger partial charge in [-0.15, -0.1) is 0 Å². The molecule has 2 aromatic heterocycles. The average molecular weight is 286 g/mol. The molecule has 0 aliphatic rings. The molecular formula is C16H16ClN3. The minimum Gasteiger partial charge on any atom is -0.233 e. The van der Waals surface area contributed by atoms with Gasteiger partial charge in [0.25, 0.3) is 0 Å². The third-order valence-corrected chi connectivity index (χ3v) is 3.75. The van der Waals surface area contributed by atoms with E-state index in [1.807, 2.05) is 13.0 Å². The van der Waals surface area contributed by atoms with Crippen molar-refractivity contribution in [3.63, 3.8) is 0 Å². The maximum Gasteiger partial charge on any atom is 0.165 e. The van der Waals surface area contributed by atoms with Gasteiger partial charge in [0.2, 0.25) is 0 Å². The Bertz CT molecular complexity index is 773. The molecule has 0 aliphatic heterocycles. The normalized spacial score (nSPS) is 11.2. The van der Waals surface area contributed by atoms with Crippen molar-refractivity contribution in [1.82, 2.24) is 14.6 Å². The number of aryl methyl sites for hydroxylation is 3.